The average Bonchev–Trinajstić information content (AvgIpc) is 3.32. The van der Waals surface area contributed by atoms with Gasteiger partial charge < -0.3 is 14.8 Å². The zero-order valence-corrected chi connectivity index (χ0v) is 13.1. The first-order valence-corrected chi connectivity index (χ1v) is 8.50. The number of ether oxygens (including phenoxy) is 2. The number of amides is 1. The fraction of sp³-hybridized carbons (Fsp3) is 0.938. The molecule has 2 aliphatic heterocycles. The van der Waals surface area contributed by atoms with Crippen molar-refractivity contribution in [1.82, 2.24) is 10.2 Å². The van der Waals surface area contributed by atoms with E-state index in [1.165, 1.54) is 0 Å². The van der Waals surface area contributed by atoms with Gasteiger partial charge in [0.05, 0.1) is 18.2 Å². The molecule has 1 N–H and O–H groups in total. The van der Waals surface area contributed by atoms with E-state index >= 15 is 0 Å². The van der Waals surface area contributed by atoms with Crippen molar-refractivity contribution in [1.29, 1.82) is 0 Å². The van der Waals surface area contributed by atoms with Crippen molar-refractivity contribution in [3.8, 4) is 0 Å². The predicted octanol–water partition coefficient (Wildman–Crippen LogP) is 1.31. The second kappa shape index (κ2) is 7.07. The molecule has 2 saturated heterocycles. The SMILES string of the molecule is C[C@@H](C(=O)NC1CC1)N1CCC(OC2CCOCC2)CC1. The number of carbonyl (C=O) groups excluding carboxylic acids is 1. The zero-order chi connectivity index (χ0) is 14.7. The van der Waals surface area contributed by atoms with Crippen LogP contribution in [0, 0.1) is 0 Å². The van der Waals surface area contributed by atoms with Gasteiger partial charge in [0.1, 0.15) is 0 Å². The summed E-state index contributed by atoms with van der Waals surface area (Å²) in [6, 6.07) is 0.448. The lowest BCUT2D eigenvalue weighted by Gasteiger charge is -2.37. The van der Waals surface area contributed by atoms with Crippen LogP contribution < -0.4 is 5.32 Å². The van der Waals surface area contributed by atoms with Crippen LogP contribution in [-0.4, -0.2) is 61.4 Å². The normalized spacial score (nSPS) is 27.5. The second-order valence-electron chi connectivity index (χ2n) is 6.64. The Morgan fingerprint density at radius 1 is 1.10 bits per heavy atom. The lowest BCUT2D eigenvalue weighted by atomic mass is 10.0. The number of nitrogens with zero attached hydrogens (tertiary/aromatic N) is 1. The second-order valence-corrected chi connectivity index (χ2v) is 6.64. The van der Waals surface area contributed by atoms with Gasteiger partial charge >= 0.3 is 0 Å². The van der Waals surface area contributed by atoms with E-state index in [-0.39, 0.29) is 11.9 Å². The molecular weight excluding hydrogens is 268 g/mol. The van der Waals surface area contributed by atoms with E-state index in [4.69, 9.17) is 9.47 Å². The summed E-state index contributed by atoms with van der Waals surface area (Å²) in [4.78, 5) is 14.4. The summed E-state index contributed by atoms with van der Waals surface area (Å²) in [5.41, 5.74) is 0. The maximum Gasteiger partial charge on any atom is 0.237 e. The van der Waals surface area contributed by atoms with Crippen LogP contribution >= 0.6 is 0 Å². The first-order chi connectivity index (χ1) is 10.2. The van der Waals surface area contributed by atoms with E-state index in [0.717, 1.165) is 64.8 Å². The Bertz CT molecular complexity index is 345. The molecule has 5 nitrogen and oxygen atoms in total. The van der Waals surface area contributed by atoms with Crippen molar-refractivity contribution in [3.63, 3.8) is 0 Å². The minimum absolute atomic E-state index is 0.00497. The summed E-state index contributed by atoms with van der Waals surface area (Å²) >= 11 is 0. The highest BCUT2D eigenvalue weighted by Gasteiger charge is 2.31. The Balaban J connectivity index is 1.38. The standard InChI is InChI=1S/C16H28N2O3/c1-12(16(19)17-13-2-3-13)18-8-4-14(5-9-18)21-15-6-10-20-11-7-15/h12-15H,2-11H2,1H3,(H,17,19)/t12-/m0/s1. The van der Waals surface area contributed by atoms with Gasteiger partial charge in [0.15, 0.2) is 0 Å². The topological polar surface area (TPSA) is 50.8 Å². The molecule has 1 amide bonds. The summed E-state index contributed by atoms with van der Waals surface area (Å²) in [7, 11) is 0. The molecule has 0 spiro atoms. The molecule has 120 valence electrons. The molecule has 0 bridgehead atoms. The predicted molar refractivity (Wildman–Crippen MR) is 80.1 cm³/mol. The lowest BCUT2D eigenvalue weighted by molar-refractivity contribution is -0.128. The van der Waals surface area contributed by atoms with Crippen LogP contribution in [-0.2, 0) is 14.3 Å². The van der Waals surface area contributed by atoms with Gasteiger partial charge in [-0.2, -0.15) is 0 Å². The van der Waals surface area contributed by atoms with E-state index in [9.17, 15) is 4.79 Å². The van der Waals surface area contributed by atoms with Crippen LogP contribution in [0.5, 0.6) is 0 Å². The minimum Gasteiger partial charge on any atom is -0.381 e. The van der Waals surface area contributed by atoms with Gasteiger partial charge in [-0.25, -0.2) is 0 Å². The quantitative estimate of drug-likeness (QED) is 0.831. The first kappa shape index (κ1) is 15.3. The average molecular weight is 296 g/mol. The van der Waals surface area contributed by atoms with Gasteiger partial charge in [-0.05, 0) is 45.4 Å². The van der Waals surface area contributed by atoms with Crippen LogP contribution in [0.15, 0.2) is 0 Å². The van der Waals surface area contributed by atoms with Crippen molar-refractivity contribution in [2.75, 3.05) is 26.3 Å². The Morgan fingerprint density at radius 3 is 2.33 bits per heavy atom. The highest BCUT2D eigenvalue weighted by Crippen LogP contribution is 2.22. The number of hydrogen-bond acceptors (Lipinski definition) is 4. The number of piperidine rings is 1. The third kappa shape index (κ3) is 4.41. The van der Waals surface area contributed by atoms with Gasteiger partial charge in [0, 0.05) is 32.3 Å². The highest BCUT2D eigenvalue weighted by molar-refractivity contribution is 5.81. The lowest BCUT2D eigenvalue weighted by Crippen LogP contribution is -2.50. The molecule has 1 saturated carbocycles. The molecular formula is C16H28N2O3. The van der Waals surface area contributed by atoms with E-state index in [1.54, 1.807) is 0 Å². The Labute approximate surface area is 127 Å². The number of hydrogen-bond donors (Lipinski definition) is 1. The fourth-order valence-electron chi connectivity index (χ4n) is 3.20. The minimum atomic E-state index is -0.00497. The van der Waals surface area contributed by atoms with Crippen molar-refractivity contribution in [2.45, 2.75) is 69.7 Å². The molecule has 1 atom stereocenters. The Hall–Kier alpha value is -0.650. The van der Waals surface area contributed by atoms with Crippen LogP contribution in [0.2, 0.25) is 0 Å². The molecule has 5 heteroatoms. The summed E-state index contributed by atoms with van der Waals surface area (Å²) < 4.78 is 11.6. The number of rotatable bonds is 5. The molecule has 0 aromatic heterocycles. The van der Waals surface area contributed by atoms with Crippen molar-refractivity contribution in [2.24, 2.45) is 0 Å². The molecule has 2 heterocycles. The number of likely N-dealkylation sites (tertiary alicyclic amines) is 1. The van der Waals surface area contributed by atoms with Gasteiger partial charge in [-0.3, -0.25) is 9.69 Å². The number of nitrogens with one attached hydrogen (secondary N) is 1. The summed E-state index contributed by atoms with van der Waals surface area (Å²) in [5, 5.41) is 3.10. The maximum absolute atomic E-state index is 12.1. The summed E-state index contributed by atoms with van der Waals surface area (Å²) in [6.45, 7) is 5.63. The number of carbonyl (C=O) groups is 1. The molecule has 3 aliphatic rings. The van der Waals surface area contributed by atoms with Crippen LogP contribution in [0.3, 0.4) is 0 Å². The van der Waals surface area contributed by atoms with Gasteiger partial charge in [0.25, 0.3) is 0 Å². The van der Waals surface area contributed by atoms with Gasteiger partial charge in [-0.1, -0.05) is 0 Å². The highest BCUT2D eigenvalue weighted by atomic mass is 16.5. The fourth-order valence-corrected chi connectivity index (χ4v) is 3.20. The van der Waals surface area contributed by atoms with Gasteiger partial charge in [-0.15, -0.1) is 0 Å². The molecule has 0 aromatic carbocycles. The van der Waals surface area contributed by atoms with E-state index < -0.39 is 0 Å². The molecule has 0 radical (unpaired) electrons. The third-order valence-corrected chi connectivity index (χ3v) is 4.88. The summed E-state index contributed by atoms with van der Waals surface area (Å²) in [6.07, 6.45) is 7.19. The monoisotopic (exact) mass is 296 g/mol. The Morgan fingerprint density at radius 2 is 1.71 bits per heavy atom. The maximum atomic E-state index is 12.1. The first-order valence-electron chi connectivity index (χ1n) is 8.50. The van der Waals surface area contributed by atoms with Crippen LogP contribution in [0.1, 0.15) is 45.4 Å². The van der Waals surface area contributed by atoms with E-state index in [2.05, 4.69) is 10.2 Å². The largest absolute Gasteiger partial charge is 0.381 e. The molecule has 0 aromatic rings. The van der Waals surface area contributed by atoms with Crippen molar-refractivity contribution < 1.29 is 14.3 Å². The van der Waals surface area contributed by atoms with Gasteiger partial charge in [0.2, 0.25) is 5.91 Å². The van der Waals surface area contributed by atoms with Crippen molar-refractivity contribution in [3.05, 3.63) is 0 Å². The Kier molecular flexibility index (Phi) is 5.14. The van der Waals surface area contributed by atoms with E-state index in [1.807, 2.05) is 6.92 Å². The smallest absolute Gasteiger partial charge is 0.237 e. The molecule has 1 aliphatic carbocycles. The van der Waals surface area contributed by atoms with Crippen LogP contribution in [0.4, 0.5) is 0 Å². The molecule has 0 unspecified atom stereocenters. The zero-order valence-electron chi connectivity index (χ0n) is 13.1. The van der Waals surface area contributed by atoms with E-state index in [0.29, 0.717) is 18.2 Å². The molecule has 21 heavy (non-hydrogen) atoms. The summed E-state index contributed by atoms with van der Waals surface area (Å²) in [5.74, 6) is 0.196. The van der Waals surface area contributed by atoms with Crippen molar-refractivity contribution >= 4 is 5.91 Å². The third-order valence-electron chi connectivity index (χ3n) is 4.88. The molecule has 3 fully saturated rings. The van der Waals surface area contributed by atoms with Crippen LogP contribution in [0.25, 0.3) is 0 Å². The molecule has 3 rings (SSSR count).